The Balaban J connectivity index is 2.33. The van der Waals surface area contributed by atoms with E-state index in [1.807, 2.05) is 0 Å². The first-order valence-corrected chi connectivity index (χ1v) is 11.1. The number of hydrogen-bond acceptors (Lipinski definition) is 3. The maximum Gasteiger partial charge on any atom is 0.204 e. The minimum atomic E-state index is -0.727. The van der Waals surface area contributed by atoms with Crippen LogP contribution in [0.25, 0.3) is 0 Å². The summed E-state index contributed by atoms with van der Waals surface area (Å²) in [6.45, 7) is 13.2. The zero-order chi connectivity index (χ0) is 17.1. The highest BCUT2D eigenvalue weighted by Crippen LogP contribution is 2.47. The molecule has 1 N–H and O–H groups in total. The van der Waals surface area contributed by atoms with Crippen LogP contribution >= 0.6 is 0 Å². The molecule has 2 unspecified atom stereocenters. The lowest BCUT2D eigenvalue weighted by atomic mass is 9.72. The molecule has 0 bridgehead atoms. The molecular formula is C19H32NO2Si. The van der Waals surface area contributed by atoms with E-state index in [1.165, 1.54) is 5.56 Å². The largest absolute Gasteiger partial charge is 0.415 e. The minimum absolute atomic E-state index is 0.0157. The summed E-state index contributed by atoms with van der Waals surface area (Å²) in [7, 11) is -0.727. The van der Waals surface area contributed by atoms with Crippen molar-refractivity contribution in [2.75, 3.05) is 13.2 Å². The first kappa shape index (κ1) is 18.7. The van der Waals surface area contributed by atoms with Crippen LogP contribution < -0.4 is 0 Å². The topological polar surface area (TPSA) is 32.7 Å². The van der Waals surface area contributed by atoms with Crippen molar-refractivity contribution in [2.24, 2.45) is 5.41 Å². The van der Waals surface area contributed by atoms with Crippen LogP contribution in [0.1, 0.15) is 39.2 Å². The van der Waals surface area contributed by atoms with Crippen LogP contribution in [0.15, 0.2) is 30.3 Å². The van der Waals surface area contributed by atoms with Gasteiger partial charge in [0.15, 0.2) is 0 Å². The number of rotatable bonds is 6. The predicted molar refractivity (Wildman–Crippen MR) is 97.7 cm³/mol. The van der Waals surface area contributed by atoms with E-state index >= 15 is 0 Å². The molecule has 23 heavy (non-hydrogen) atoms. The van der Waals surface area contributed by atoms with E-state index in [0.717, 1.165) is 26.0 Å². The van der Waals surface area contributed by atoms with Crippen molar-refractivity contribution in [3.63, 3.8) is 0 Å². The molecule has 1 saturated heterocycles. The smallest absolute Gasteiger partial charge is 0.204 e. The van der Waals surface area contributed by atoms with Crippen molar-refractivity contribution >= 4 is 9.04 Å². The van der Waals surface area contributed by atoms with Gasteiger partial charge >= 0.3 is 0 Å². The second-order valence-corrected chi connectivity index (χ2v) is 10.1. The fourth-order valence-electron chi connectivity index (χ4n) is 3.75. The van der Waals surface area contributed by atoms with Crippen LogP contribution in [0, 0.1) is 5.41 Å². The fraction of sp³-hybridized carbons (Fsp3) is 0.684. The molecular weight excluding hydrogens is 302 g/mol. The molecule has 0 aliphatic carbocycles. The Hall–Kier alpha value is -0.683. The zero-order valence-electron chi connectivity index (χ0n) is 15.3. The highest BCUT2D eigenvalue weighted by Gasteiger charge is 2.53. The van der Waals surface area contributed by atoms with Crippen molar-refractivity contribution in [3.8, 4) is 0 Å². The van der Waals surface area contributed by atoms with E-state index in [0.29, 0.717) is 0 Å². The van der Waals surface area contributed by atoms with Gasteiger partial charge in [-0.25, -0.2) is 0 Å². The van der Waals surface area contributed by atoms with Crippen molar-refractivity contribution in [1.29, 1.82) is 0 Å². The Morgan fingerprint density at radius 3 is 2.43 bits per heavy atom. The average Bonchev–Trinajstić information content (AvgIpc) is 2.85. The van der Waals surface area contributed by atoms with Gasteiger partial charge in [-0.05, 0) is 36.9 Å². The molecule has 1 radical (unpaired) electrons. The summed E-state index contributed by atoms with van der Waals surface area (Å²) in [5.74, 6) is 0. The standard InChI is InChI=1S/C19H32NO2Si/c1-18(2,3)19(15-22-23(4)5)12-11-17(14-21)20(19)13-16-9-7-6-8-10-16/h6-10,17,21H,11-15H2,1-5H3. The molecule has 1 heterocycles. The Kier molecular flexibility index (Phi) is 6.06. The summed E-state index contributed by atoms with van der Waals surface area (Å²) in [6, 6.07) is 10.8. The van der Waals surface area contributed by atoms with E-state index in [1.54, 1.807) is 0 Å². The monoisotopic (exact) mass is 334 g/mol. The number of likely N-dealkylation sites (tertiary alicyclic amines) is 1. The van der Waals surface area contributed by atoms with Crippen molar-refractivity contribution in [1.82, 2.24) is 4.90 Å². The lowest BCUT2D eigenvalue weighted by molar-refractivity contribution is -0.0434. The Labute approximate surface area is 143 Å². The van der Waals surface area contributed by atoms with Crippen molar-refractivity contribution < 1.29 is 9.53 Å². The van der Waals surface area contributed by atoms with Gasteiger partial charge < -0.3 is 9.53 Å². The predicted octanol–water partition coefficient (Wildman–Crippen LogP) is 3.70. The summed E-state index contributed by atoms with van der Waals surface area (Å²) in [5, 5.41) is 9.91. The highest BCUT2D eigenvalue weighted by molar-refractivity contribution is 6.48. The molecule has 0 saturated carbocycles. The van der Waals surface area contributed by atoms with Crippen LogP contribution in [0.3, 0.4) is 0 Å². The van der Waals surface area contributed by atoms with Crippen LogP contribution in [0.2, 0.25) is 13.1 Å². The molecule has 3 nitrogen and oxygen atoms in total. The molecule has 2 rings (SSSR count). The molecule has 0 aromatic heterocycles. The SMILES string of the molecule is C[Si](C)OCC1(C(C)(C)C)CCC(CO)N1Cc1ccccc1. The molecule has 4 heteroatoms. The third-order valence-corrected chi connectivity index (χ3v) is 6.01. The average molecular weight is 335 g/mol. The normalized spacial score (nSPS) is 26.1. The van der Waals surface area contributed by atoms with Gasteiger partial charge in [-0.3, -0.25) is 4.90 Å². The van der Waals surface area contributed by atoms with Gasteiger partial charge in [0, 0.05) is 18.1 Å². The third-order valence-electron chi connectivity index (χ3n) is 5.28. The second kappa shape index (κ2) is 7.47. The Bertz CT molecular complexity index is 486. The van der Waals surface area contributed by atoms with E-state index in [-0.39, 0.29) is 23.6 Å². The number of hydrogen-bond donors (Lipinski definition) is 1. The van der Waals surface area contributed by atoms with Crippen LogP contribution in [-0.2, 0) is 11.0 Å². The maximum absolute atomic E-state index is 9.91. The summed E-state index contributed by atoms with van der Waals surface area (Å²) in [4.78, 5) is 2.52. The number of benzene rings is 1. The van der Waals surface area contributed by atoms with E-state index in [2.05, 4.69) is 69.1 Å². The number of nitrogens with zero attached hydrogens (tertiary/aromatic N) is 1. The molecule has 1 aromatic rings. The third kappa shape index (κ3) is 4.05. The fourth-order valence-corrected chi connectivity index (χ4v) is 4.27. The van der Waals surface area contributed by atoms with Gasteiger partial charge in [-0.1, -0.05) is 51.1 Å². The molecule has 1 aromatic carbocycles. The van der Waals surface area contributed by atoms with Gasteiger partial charge in [0.25, 0.3) is 0 Å². The maximum atomic E-state index is 9.91. The molecule has 0 amide bonds. The Morgan fingerprint density at radius 1 is 1.26 bits per heavy atom. The molecule has 2 atom stereocenters. The first-order chi connectivity index (χ1) is 10.8. The van der Waals surface area contributed by atoms with Crippen molar-refractivity contribution in [2.45, 2.75) is 64.8 Å². The molecule has 129 valence electrons. The van der Waals surface area contributed by atoms with Gasteiger partial charge in [0.05, 0.1) is 13.2 Å². The summed E-state index contributed by atoms with van der Waals surface area (Å²) < 4.78 is 6.19. The van der Waals surface area contributed by atoms with Crippen molar-refractivity contribution in [3.05, 3.63) is 35.9 Å². The first-order valence-electron chi connectivity index (χ1n) is 8.64. The Morgan fingerprint density at radius 2 is 1.91 bits per heavy atom. The van der Waals surface area contributed by atoms with Gasteiger partial charge in [0.1, 0.15) is 0 Å². The molecule has 1 fully saturated rings. The summed E-state index contributed by atoms with van der Waals surface area (Å²) >= 11 is 0. The number of aliphatic hydroxyl groups excluding tert-OH is 1. The van der Waals surface area contributed by atoms with E-state index in [4.69, 9.17) is 4.43 Å². The van der Waals surface area contributed by atoms with Crippen LogP contribution in [0.4, 0.5) is 0 Å². The summed E-state index contributed by atoms with van der Waals surface area (Å²) in [6.07, 6.45) is 2.13. The quantitative estimate of drug-likeness (QED) is 0.805. The van der Waals surface area contributed by atoms with E-state index < -0.39 is 9.04 Å². The second-order valence-electron chi connectivity index (χ2n) is 7.97. The molecule has 1 aliphatic heterocycles. The van der Waals surface area contributed by atoms with Gasteiger partial charge in [-0.15, -0.1) is 0 Å². The molecule has 1 aliphatic rings. The van der Waals surface area contributed by atoms with Gasteiger partial charge in [0.2, 0.25) is 9.04 Å². The minimum Gasteiger partial charge on any atom is -0.415 e. The van der Waals surface area contributed by atoms with E-state index in [9.17, 15) is 5.11 Å². The van der Waals surface area contributed by atoms with Crippen LogP contribution in [0.5, 0.6) is 0 Å². The molecule has 0 spiro atoms. The lowest BCUT2D eigenvalue weighted by Gasteiger charge is -2.50. The lowest BCUT2D eigenvalue weighted by Crippen LogP contribution is -2.59. The van der Waals surface area contributed by atoms with Gasteiger partial charge in [-0.2, -0.15) is 0 Å². The zero-order valence-corrected chi connectivity index (χ0v) is 16.3. The highest BCUT2D eigenvalue weighted by atomic mass is 28.3. The number of aliphatic hydroxyl groups is 1. The van der Waals surface area contributed by atoms with Crippen LogP contribution in [-0.4, -0.2) is 43.8 Å². The summed E-state index contributed by atoms with van der Waals surface area (Å²) in [5.41, 5.74) is 1.39.